The monoisotopic (exact) mass is 262 g/mol. The molecule has 0 fully saturated rings. The number of aromatic nitrogens is 2. The van der Waals surface area contributed by atoms with Crippen LogP contribution in [-0.4, -0.2) is 22.0 Å². The third-order valence-corrected chi connectivity index (χ3v) is 2.94. The minimum Gasteiger partial charge on any atom is -0.496 e. The third kappa shape index (κ3) is 2.05. The zero-order valence-electron chi connectivity index (χ0n) is 11.0. The third-order valence-electron chi connectivity index (χ3n) is 2.94. The van der Waals surface area contributed by atoms with Gasteiger partial charge in [-0.15, -0.1) is 0 Å². The maximum atomic E-state index is 12.3. The van der Waals surface area contributed by atoms with Gasteiger partial charge in [-0.3, -0.25) is 18.7 Å². The lowest BCUT2D eigenvalue weighted by Crippen LogP contribution is -2.40. The first-order chi connectivity index (χ1) is 8.97. The van der Waals surface area contributed by atoms with Crippen LogP contribution in [0.5, 0.6) is 5.75 Å². The van der Waals surface area contributed by atoms with E-state index in [1.165, 1.54) is 18.6 Å². The normalized spacial score (nSPS) is 10.7. The SMILES string of the molecule is COc1cccc2c1c(=O)n(CC(C)=O)c(=O)n2C. The molecule has 0 unspecified atom stereocenters. The molecule has 0 aliphatic rings. The number of Topliss-reactive ketones (excluding diaryl/α,β-unsaturated/α-hetero) is 1. The smallest absolute Gasteiger partial charge is 0.331 e. The first kappa shape index (κ1) is 13.1. The van der Waals surface area contributed by atoms with E-state index < -0.39 is 11.2 Å². The Balaban J connectivity index is 2.98. The summed E-state index contributed by atoms with van der Waals surface area (Å²) < 4.78 is 7.41. The second-order valence-corrected chi connectivity index (χ2v) is 4.29. The van der Waals surface area contributed by atoms with Crippen molar-refractivity contribution in [1.29, 1.82) is 0 Å². The number of hydrogen-bond acceptors (Lipinski definition) is 4. The minimum atomic E-state index is -0.513. The van der Waals surface area contributed by atoms with Crippen LogP contribution in [0.3, 0.4) is 0 Å². The van der Waals surface area contributed by atoms with Gasteiger partial charge in [-0.25, -0.2) is 4.79 Å². The molecule has 1 heterocycles. The van der Waals surface area contributed by atoms with Gasteiger partial charge >= 0.3 is 5.69 Å². The van der Waals surface area contributed by atoms with Crippen molar-refractivity contribution in [3.8, 4) is 5.75 Å². The first-order valence-corrected chi connectivity index (χ1v) is 5.73. The van der Waals surface area contributed by atoms with E-state index in [9.17, 15) is 14.4 Å². The lowest BCUT2D eigenvalue weighted by molar-refractivity contribution is -0.117. The second-order valence-electron chi connectivity index (χ2n) is 4.29. The van der Waals surface area contributed by atoms with E-state index in [0.29, 0.717) is 16.7 Å². The highest BCUT2D eigenvalue weighted by Crippen LogP contribution is 2.20. The summed E-state index contributed by atoms with van der Waals surface area (Å²) in [5.41, 5.74) is -0.541. The molecule has 19 heavy (non-hydrogen) atoms. The molecule has 2 aromatic rings. The van der Waals surface area contributed by atoms with Crippen LogP contribution < -0.4 is 16.0 Å². The van der Waals surface area contributed by atoms with E-state index in [2.05, 4.69) is 0 Å². The van der Waals surface area contributed by atoms with E-state index in [1.54, 1.807) is 25.2 Å². The first-order valence-electron chi connectivity index (χ1n) is 5.73. The Morgan fingerprint density at radius 1 is 1.32 bits per heavy atom. The molecule has 0 atom stereocenters. The predicted molar refractivity (Wildman–Crippen MR) is 70.7 cm³/mol. The number of fused-ring (bicyclic) bond motifs is 1. The lowest BCUT2D eigenvalue weighted by Gasteiger charge is -2.11. The van der Waals surface area contributed by atoms with Crippen LogP contribution >= 0.6 is 0 Å². The van der Waals surface area contributed by atoms with Crippen LogP contribution in [0.2, 0.25) is 0 Å². The number of rotatable bonds is 3. The largest absolute Gasteiger partial charge is 0.496 e. The number of benzene rings is 1. The number of nitrogens with zero attached hydrogens (tertiary/aromatic N) is 2. The van der Waals surface area contributed by atoms with Crippen LogP contribution in [-0.2, 0) is 18.4 Å². The topological polar surface area (TPSA) is 70.3 Å². The average Bonchev–Trinajstić information content (AvgIpc) is 2.40. The number of methoxy groups -OCH3 is 1. The summed E-state index contributed by atoms with van der Waals surface area (Å²) in [6, 6.07) is 5.01. The Morgan fingerprint density at radius 3 is 2.58 bits per heavy atom. The minimum absolute atomic E-state index is 0.237. The molecule has 0 N–H and O–H groups in total. The lowest BCUT2D eigenvalue weighted by atomic mass is 10.2. The number of carbonyl (C=O) groups excluding carboxylic acids is 1. The Hall–Kier alpha value is -2.37. The van der Waals surface area contributed by atoms with Crippen molar-refractivity contribution in [2.75, 3.05) is 7.11 Å². The van der Waals surface area contributed by atoms with Crippen LogP contribution in [0.15, 0.2) is 27.8 Å². The average molecular weight is 262 g/mol. The second kappa shape index (κ2) is 4.72. The fraction of sp³-hybridized carbons (Fsp3) is 0.308. The van der Waals surface area contributed by atoms with E-state index >= 15 is 0 Å². The molecule has 1 aromatic heterocycles. The van der Waals surface area contributed by atoms with Crippen molar-refractivity contribution >= 4 is 16.7 Å². The molecule has 0 aliphatic carbocycles. The summed E-state index contributed by atoms with van der Waals surface area (Å²) in [7, 11) is 3.01. The summed E-state index contributed by atoms with van der Waals surface area (Å²) in [5, 5.41) is 0.299. The van der Waals surface area contributed by atoms with Gasteiger partial charge in [0, 0.05) is 7.05 Å². The summed E-state index contributed by atoms with van der Waals surface area (Å²) in [4.78, 5) is 35.6. The molecule has 0 radical (unpaired) electrons. The molecule has 0 saturated carbocycles. The fourth-order valence-electron chi connectivity index (χ4n) is 2.05. The van der Waals surface area contributed by atoms with Crippen molar-refractivity contribution in [2.24, 2.45) is 7.05 Å². The van der Waals surface area contributed by atoms with E-state index in [1.807, 2.05) is 0 Å². The molecule has 100 valence electrons. The molecule has 2 rings (SSSR count). The number of ketones is 1. The van der Waals surface area contributed by atoms with Crippen LogP contribution in [0.4, 0.5) is 0 Å². The van der Waals surface area contributed by atoms with Gasteiger partial charge in [0.1, 0.15) is 16.9 Å². The van der Waals surface area contributed by atoms with Gasteiger partial charge in [0.2, 0.25) is 0 Å². The Labute approximate surface area is 108 Å². The van der Waals surface area contributed by atoms with Gasteiger partial charge in [-0.05, 0) is 19.1 Å². The van der Waals surface area contributed by atoms with Gasteiger partial charge in [0.25, 0.3) is 5.56 Å². The van der Waals surface area contributed by atoms with Gasteiger partial charge in [0.15, 0.2) is 0 Å². The zero-order chi connectivity index (χ0) is 14.2. The Morgan fingerprint density at radius 2 is 2.00 bits per heavy atom. The highest BCUT2D eigenvalue weighted by atomic mass is 16.5. The zero-order valence-corrected chi connectivity index (χ0v) is 11.0. The quantitative estimate of drug-likeness (QED) is 0.797. The van der Waals surface area contributed by atoms with Crippen molar-refractivity contribution < 1.29 is 9.53 Å². The van der Waals surface area contributed by atoms with Crippen molar-refractivity contribution in [3.63, 3.8) is 0 Å². The number of carbonyl (C=O) groups is 1. The van der Waals surface area contributed by atoms with Gasteiger partial charge in [0.05, 0.1) is 19.2 Å². The van der Waals surface area contributed by atoms with E-state index in [4.69, 9.17) is 4.74 Å². The van der Waals surface area contributed by atoms with Crippen molar-refractivity contribution in [2.45, 2.75) is 13.5 Å². The molecule has 6 nitrogen and oxygen atoms in total. The van der Waals surface area contributed by atoms with Crippen LogP contribution in [0, 0.1) is 0 Å². The number of hydrogen-bond donors (Lipinski definition) is 0. The molecular weight excluding hydrogens is 248 g/mol. The summed E-state index contributed by atoms with van der Waals surface area (Å²) in [5.74, 6) is 0.129. The van der Waals surface area contributed by atoms with Crippen molar-refractivity contribution in [1.82, 2.24) is 9.13 Å². The Kier molecular flexibility index (Phi) is 3.25. The molecule has 0 spiro atoms. The van der Waals surface area contributed by atoms with Crippen LogP contribution in [0.25, 0.3) is 10.9 Å². The number of aryl methyl sites for hydroxylation is 1. The van der Waals surface area contributed by atoms with E-state index in [0.717, 1.165) is 4.57 Å². The molecule has 6 heteroatoms. The standard InChI is InChI=1S/C13H14N2O4/c1-8(16)7-15-12(17)11-9(14(2)13(15)18)5-4-6-10(11)19-3/h4-6H,7H2,1-3H3. The Bertz CT molecular complexity index is 771. The highest BCUT2D eigenvalue weighted by molar-refractivity contribution is 5.85. The molecule has 0 bridgehead atoms. The maximum absolute atomic E-state index is 12.3. The molecule has 0 amide bonds. The fourth-order valence-corrected chi connectivity index (χ4v) is 2.05. The summed E-state index contributed by atoms with van der Waals surface area (Å²) in [6.45, 7) is 1.10. The predicted octanol–water partition coefficient (Wildman–Crippen LogP) is 0.298. The van der Waals surface area contributed by atoms with Crippen molar-refractivity contribution in [3.05, 3.63) is 39.0 Å². The molecular formula is C13H14N2O4. The molecule has 0 aliphatic heterocycles. The summed E-state index contributed by atoms with van der Waals surface area (Å²) >= 11 is 0. The van der Waals surface area contributed by atoms with Gasteiger partial charge in [-0.1, -0.05) is 6.07 Å². The van der Waals surface area contributed by atoms with Gasteiger partial charge < -0.3 is 4.74 Å². The summed E-state index contributed by atoms with van der Waals surface area (Å²) in [6.07, 6.45) is 0. The highest BCUT2D eigenvalue weighted by Gasteiger charge is 2.15. The van der Waals surface area contributed by atoms with Crippen LogP contribution in [0.1, 0.15) is 6.92 Å². The molecule has 1 aromatic carbocycles. The van der Waals surface area contributed by atoms with E-state index in [-0.39, 0.29) is 12.3 Å². The maximum Gasteiger partial charge on any atom is 0.331 e. The molecule has 0 saturated heterocycles. The number of ether oxygens (including phenoxy) is 1. The van der Waals surface area contributed by atoms with Gasteiger partial charge in [-0.2, -0.15) is 0 Å².